The molecule has 3 rings (SSSR count). The Morgan fingerprint density at radius 3 is 2.09 bits per heavy atom. The summed E-state index contributed by atoms with van der Waals surface area (Å²) in [6.45, 7) is 0.848. The number of benzene rings is 3. The largest absolute Gasteiger partial charge is 0.489 e. The van der Waals surface area contributed by atoms with Crippen molar-refractivity contribution in [2.45, 2.75) is 38.1 Å². The highest BCUT2D eigenvalue weighted by Gasteiger charge is 2.29. The number of hydrogen-bond donors (Lipinski definition) is 2. The van der Waals surface area contributed by atoms with Gasteiger partial charge in [-0.15, -0.1) is 0 Å². The fourth-order valence-corrected chi connectivity index (χ4v) is 3.24. The molecule has 0 aliphatic heterocycles. The number of ether oxygens (including phenoxy) is 1. The Labute approximate surface area is 191 Å². The Morgan fingerprint density at radius 2 is 1.45 bits per heavy atom. The minimum atomic E-state index is -4.38. The van der Waals surface area contributed by atoms with Gasteiger partial charge in [0.05, 0.1) is 5.56 Å². The number of aliphatic hydroxyl groups excluding tert-OH is 1. The Kier molecular flexibility index (Phi) is 8.49. The van der Waals surface area contributed by atoms with Crippen LogP contribution in [0.3, 0.4) is 0 Å². The number of aryl methyl sites for hydroxylation is 1. The van der Waals surface area contributed by atoms with Crippen molar-refractivity contribution in [1.82, 2.24) is 5.32 Å². The number of rotatable bonds is 10. The van der Waals surface area contributed by atoms with Gasteiger partial charge in [-0.1, -0.05) is 54.6 Å². The summed E-state index contributed by atoms with van der Waals surface area (Å²) in [5.41, 5.74) is 2.01. The first-order chi connectivity index (χ1) is 15.8. The molecule has 33 heavy (non-hydrogen) atoms. The second kappa shape index (κ2) is 11.5. The van der Waals surface area contributed by atoms with E-state index in [1.165, 1.54) is 12.1 Å². The number of hydrogen-bond acceptors (Lipinski definition) is 3. The van der Waals surface area contributed by atoms with E-state index in [4.69, 9.17) is 4.74 Å². The summed E-state index contributed by atoms with van der Waals surface area (Å²) in [6.07, 6.45) is -4.58. The standard InChI is InChI=1S/C26H26F3NO3/c27-26(28,29)22-11-6-19(7-12-22)10-15-24(31)25(32)30-17-16-20-8-13-23(14-9-20)33-18-21-4-2-1-3-5-21/h1-9,11-14,24,31H,10,15-18H2,(H,30,32). The van der Waals surface area contributed by atoms with Crippen molar-refractivity contribution in [2.24, 2.45) is 0 Å². The molecule has 0 aliphatic rings. The number of carbonyl (C=O) groups is 1. The highest BCUT2D eigenvalue weighted by molar-refractivity contribution is 5.80. The van der Waals surface area contributed by atoms with E-state index in [1.807, 2.05) is 54.6 Å². The maximum atomic E-state index is 12.6. The summed E-state index contributed by atoms with van der Waals surface area (Å²) in [4.78, 5) is 12.1. The number of alkyl halides is 3. The molecular formula is C26H26F3NO3. The zero-order chi connectivity index (χ0) is 23.7. The van der Waals surface area contributed by atoms with Crippen LogP contribution in [0.15, 0.2) is 78.9 Å². The van der Waals surface area contributed by atoms with Crippen LogP contribution in [0, 0.1) is 0 Å². The van der Waals surface area contributed by atoms with E-state index in [0.29, 0.717) is 31.6 Å². The maximum absolute atomic E-state index is 12.6. The number of halogens is 3. The molecule has 0 saturated heterocycles. The van der Waals surface area contributed by atoms with Crippen LogP contribution in [0.5, 0.6) is 5.75 Å². The van der Waals surface area contributed by atoms with Crippen molar-refractivity contribution < 1.29 is 27.8 Å². The molecule has 0 bridgehead atoms. The van der Waals surface area contributed by atoms with Crippen molar-refractivity contribution in [2.75, 3.05) is 6.54 Å². The molecule has 2 N–H and O–H groups in total. The number of amides is 1. The van der Waals surface area contributed by atoms with E-state index in [9.17, 15) is 23.1 Å². The van der Waals surface area contributed by atoms with Crippen LogP contribution in [-0.2, 0) is 30.4 Å². The smallest absolute Gasteiger partial charge is 0.416 e. The molecule has 0 fully saturated rings. The summed E-state index contributed by atoms with van der Waals surface area (Å²) in [6, 6.07) is 22.2. The maximum Gasteiger partial charge on any atom is 0.416 e. The van der Waals surface area contributed by atoms with E-state index < -0.39 is 23.8 Å². The zero-order valence-corrected chi connectivity index (χ0v) is 18.0. The Balaban J connectivity index is 1.36. The summed E-state index contributed by atoms with van der Waals surface area (Å²) in [7, 11) is 0. The zero-order valence-electron chi connectivity index (χ0n) is 18.0. The Morgan fingerprint density at radius 1 is 0.848 bits per heavy atom. The molecule has 0 spiro atoms. The van der Waals surface area contributed by atoms with Gasteiger partial charge in [0.1, 0.15) is 18.5 Å². The van der Waals surface area contributed by atoms with E-state index in [1.54, 1.807) is 0 Å². The molecule has 1 amide bonds. The SMILES string of the molecule is O=C(NCCc1ccc(OCc2ccccc2)cc1)C(O)CCc1ccc(C(F)(F)F)cc1. The highest BCUT2D eigenvalue weighted by atomic mass is 19.4. The second-order valence-electron chi connectivity index (χ2n) is 7.71. The number of nitrogens with one attached hydrogen (secondary N) is 1. The van der Waals surface area contributed by atoms with Crippen molar-refractivity contribution in [3.8, 4) is 5.75 Å². The molecular weight excluding hydrogens is 431 g/mol. The summed E-state index contributed by atoms with van der Waals surface area (Å²) < 4.78 is 43.5. The van der Waals surface area contributed by atoms with Gasteiger partial charge in [-0.25, -0.2) is 0 Å². The fraction of sp³-hybridized carbons (Fsp3) is 0.269. The third kappa shape index (κ3) is 7.95. The van der Waals surface area contributed by atoms with E-state index >= 15 is 0 Å². The third-order valence-electron chi connectivity index (χ3n) is 5.17. The summed E-state index contributed by atoms with van der Waals surface area (Å²) >= 11 is 0. The Hall–Kier alpha value is -3.32. The van der Waals surface area contributed by atoms with Crippen LogP contribution in [0.25, 0.3) is 0 Å². The topological polar surface area (TPSA) is 58.6 Å². The van der Waals surface area contributed by atoms with Crippen LogP contribution < -0.4 is 10.1 Å². The van der Waals surface area contributed by atoms with Gasteiger partial charge < -0.3 is 15.2 Å². The third-order valence-corrected chi connectivity index (χ3v) is 5.17. The van der Waals surface area contributed by atoms with Crippen LogP contribution in [0.2, 0.25) is 0 Å². The predicted molar refractivity (Wildman–Crippen MR) is 120 cm³/mol. The van der Waals surface area contributed by atoms with Crippen molar-refractivity contribution in [1.29, 1.82) is 0 Å². The van der Waals surface area contributed by atoms with Crippen LogP contribution in [-0.4, -0.2) is 23.7 Å². The minimum absolute atomic E-state index is 0.130. The lowest BCUT2D eigenvalue weighted by Gasteiger charge is -2.12. The van der Waals surface area contributed by atoms with Gasteiger partial charge in [0.2, 0.25) is 5.91 Å². The Bertz CT molecular complexity index is 1000. The molecule has 1 atom stereocenters. The van der Waals surface area contributed by atoms with Crippen molar-refractivity contribution in [3.63, 3.8) is 0 Å². The molecule has 3 aromatic carbocycles. The molecule has 0 aliphatic carbocycles. The highest BCUT2D eigenvalue weighted by Crippen LogP contribution is 2.29. The van der Waals surface area contributed by atoms with E-state index in [-0.39, 0.29) is 6.42 Å². The average Bonchev–Trinajstić information content (AvgIpc) is 2.82. The van der Waals surface area contributed by atoms with Crippen LogP contribution in [0.1, 0.15) is 28.7 Å². The lowest BCUT2D eigenvalue weighted by atomic mass is 10.0. The lowest BCUT2D eigenvalue weighted by molar-refractivity contribution is -0.137. The molecule has 0 aromatic heterocycles. The van der Waals surface area contributed by atoms with Gasteiger partial charge in [0.15, 0.2) is 0 Å². The average molecular weight is 457 g/mol. The van der Waals surface area contributed by atoms with Crippen LogP contribution in [0.4, 0.5) is 13.2 Å². The molecule has 7 heteroatoms. The van der Waals surface area contributed by atoms with Gasteiger partial charge >= 0.3 is 6.18 Å². The van der Waals surface area contributed by atoms with E-state index in [2.05, 4.69) is 5.32 Å². The number of carbonyl (C=O) groups excluding carboxylic acids is 1. The first-order valence-corrected chi connectivity index (χ1v) is 10.7. The lowest BCUT2D eigenvalue weighted by Crippen LogP contribution is -2.36. The van der Waals surface area contributed by atoms with Crippen molar-refractivity contribution in [3.05, 3.63) is 101 Å². The van der Waals surface area contributed by atoms with Crippen LogP contribution >= 0.6 is 0 Å². The fourth-order valence-electron chi connectivity index (χ4n) is 3.24. The normalized spacial score (nSPS) is 12.2. The van der Waals surface area contributed by atoms with Gasteiger partial charge in [0, 0.05) is 6.54 Å². The molecule has 174 valence electrons. The predicted octanol–water partition coefficient (Wildman–Crippen LogP) is 4.94. The minimum Gasteiger partial charge on any atom is -0.489 e. The van der Waals surface area contributed by atoms with Crippen molar-refractivity contribution >= 4 is 5.91 Å². The molecule has 4 nitrogen and oxygen atoms in total. The quantitative estimate of drug-likeness (QED) is 0.454. The molecule has 3 aromatic rings. The van der Waals surface area contributed by atoms with E-state index in [0.717, 1.165) is 29.0 Å². The second-order valence-corrected chi connectivity index (χ2v) is 7.71. The monoisotopic (exact) mass is 457 g/mol. The molecule has 1 unspecified atom stereocenters. The summed E-state index contributed by atoms with van der Waals surface area (Å²) in [5, 5.41) is 12.7. The van der Waals surface area contributed by atoms with Gasteiger partial charge in [-0.2, -0.15) is 13.2 Å². The van der Waals surface area contributed by atoms with Gasteiger partial charge in [-0.3, -0.25) is 4.79 Å². The van der Waals surface area contributed by atoms with Gasteiger partial charge in [0.25, 0.3) is 0 Å². The first kappa shape index (κ1) is 24.3. The van der Waals surface area contributed by atoms with Gasteiger partial charge in [-0.05, 0) is 60.2 Å². The number of aliphatic hydroxyl groups is 1. The molecule has 0 heterocycles. The molecule has 0 radical (unpaired) electrons. The first-order valence-electron chi connectivity index (χ1n) is 10.7. The molecule has 0 saturated carbocycles. The summed E-state index contributed by atoms with van der Waals surface area (Å²) in [5.74, 6) is 0.259.